The molecule has 1 aliphatic heterocycles. The molecule has 0 aromatic heterocycles. The third-order valence-electron chi connectivity index (χ3n) is 1.97. The molecule has 1 saturated heterocycles. The van der Waals surface area contributed by atoms with Crippen molar-refractivity contribution in [2.24, 2.45) is 0 Å². The van der Waals surface area contributed by atoms with E-state index < -0.39 is 18.9 Å². The van der Waals surface area contributed by atoms with Gasteiger partial charge in [0, 0.05) is 0 Å². The van der Waals surface area contributed by atoms with E-state index in [0.29, 0.717) is 5.98 Å². The Hall–Kier alpha value is -0.485. The second-order valence-corrected chi connectivity index (χ2v) is 3.85. The summed E-state index contributed by atoms with van der Waals surface area (Å²) in [5.41, 5.74) is 0.170. The smallest absolute Gasteiger partial charge is 0.445 e. The van der Waals surface area contributed by atoms with Crippen LogP contribution in [-0.2, 0) is 9.47 Å². The lowest BCUT2D eigenvalue weighted by atomic mass is 9.87. The largest absolute Gasteiger partial charge is 0.502 e. The van der Waals surface area contributed by atoms with Crippen LogP contribution in [0.1, 0.15) is 20.8 Å². The summed E-state index contributed by atoms with van der Waals surface area (Å²) >= 11 is 0. The summed E-state index contributed by atoms with van der Waals surface area (Å²) < 4.78 is 46.6. The monoisotopic (exact) mass is 209 g/mol. The van der Waals surface area contributed by atoms with Gasteiger partial charge in [0.2, 0.25) is 0 Å². The van der Waals surface area contributed by atoms with Gasteiger partial charge in [-0.25, -0.2) is 0 Å². The second kappa shape index (κ2) is 3.58. The molecule has 0 radical (unpaired) electrons. The van der Waals surface area contributed by atoms with Gasteiger partial charge in [-0.15, -0.1) is 5.98 Å². The Labute approximate surface area is 81.1 Å². The van der Waals surface area contributed by atoms with Crippen molar-refractivity contribution in [3.05, 3.63) is 11.5 Å². The van der Waals surface area contributed by atoms with Gasteiger partial charge in [-0.1, -0.05) is 5.57 Å². The van der Waals surface area contributed by atoms with Crippen molar-refractivity contribution in [1.82, 2.24) is 0 Å². The van der Waals surface area contributed by atoms with Gasteiger partial charge in [0.25, 0.3) is 0 Å². The van der Waals surface area contributed by atoms with E-state index >= 15 is 0 Å². The average Bonchev–Trinajstić information content (AvgIpc) is 2.26. The van der Waals surface area contributed by atoms with E-state index in [-0.39, 0.29) is 12.2 Å². The molecule has 82 valence electrons. The maximum Gasteiger partial charge on any atom is 0.502 e. The van der Waals surface area contributed by atoms with Crippen molar-refractivity contribution in [2.45, 2.75) is 32.7 Å². The zero-order valence-electron chi connectivity index (χ0n) is 8.39. The Bertz CT molecular complexity index is 247. The van der Waals surface area contributed by atoms with Crippen molar-refractivity contribution in [2.75, 3.05) is 6.61 Å². The van der Waals surface area contributed by atoms with E-state index in [4.69, 9.17) is 9.47 Å². The molecule has 0 N–H and O–H groups in total. The highest BCUT2D eigenvalue weighted by molar-refractivity contribution is 6.64. The summed E-state index contributed by atoms with van der Waals surface area (Å²) in [6.07, 6.45) is -0.575. The molecule has 0 aromatic rings. The third-order valence-corrected chi connectivity index (χ3v) is 1.97. The summed E-state index contributed by atoms with van der Waals surface area (Å²) in [7, 11) is 0. The molecule has 0 aromatic carbocycles. The lowest BCUT2D eigenvalue weighted by Crippen LogP contribution is -2.23. The Morgan fingerprint density at radius 1 is 1.43 bits per heavy atom. The molecule has 0 spiro atoms. The van der Waals surface area contributed by atoms with Crippen LogP contribution in [0.5, 0.6) is 0 Å². The molecule has 1 aliphatic rings. The van der Waals surface area contributed by atoms with Crippen LogP contribution in [0.2, 0.25) is 0 Å². The zero-order chi connectivity index (χ0) is 11.0. The predicted octanol–water partition coefficient (Wildman–Crippen LogP) is 2.47. The first-order valence-corrected chi connectivity index (χ1v) is 4.41. The van der Waals surface area contributed by atoms with E-state index in [0.717, 1.165) is 0 Å². The highest BCUT2D eigenvalue weighted by Crippen LogP contribution is 2.27. The van der Waals surface area contributed by atoms with E-state index in [1.807, 2.05) is 0 Å². The first-order valence-electron chi connectivity index (χ1n) is 4.41. The standard InChI is InChI=1S/C8H13BF3O2/c1-6(4-9(10,11)12)7-5-13-8(2,3)14-7/h4,7H,5H2,1-3H3/q-1/b6-4+/t7-/m1/s1. The van der Waals surface area contributed by atoms with Crippen LogP contribution in [-0.4, -0.2) is 25.5 Å². The lowest BCUT2D eigenvalue weighted by Gasteiger charge is -2.19. The summed E-state index contributed by atoms with van der Waals surface area (Å²) in [6.45, 7) is 0.0540. The molecule has 2 nitrogen and oxygen atoms in total. The highest BCUT2D eigenvalue weighted by Gasteiger charge is 2.34. The molecule has 6 heteroatoms. The van der Waals surface area contributed by atoms with Crippen LogP contribution in [0.15, 0.2) is 11.5 Å². The van der Waals surface area contributed by atoms with Gasteiger partial charge in [0.1, 0.15) is 6.10 Å². The van der Waals surface area contributed by atoms with Gasteiger partial charge in [0.05, 0.1) is 6.61 Å². The Kier molecular flexibility index (Phi) is 2.97. The minimum atomic E-state index is -4.89. The van der Waals surface area contributed by atoms with Crippen molar-refractivity contribution < 1.29 is 22.4 Å². The SMILES string of the molecule is C/C(=C\[B-](F)(F)F)[C@H]1COC(C)(C)O1. The Morgan fingerprint density at radius 2 is 2.00 bits per heavy atom. The van der Waals surface area contributed by atoms with Gasteiger partial charge in [-0.05, 0) is 20.8 Å². The minimum absolute atomic E-state index is 0.170. The molecule has 1 heterocycles. The predicted molar refractivity (Wildman–Crippen MR) is 47.7 cm³/mol. The molecule has 1 rings (SSSR count). The second-order valence-electron chi connectivity index (χ2n) is 3.85. The van der Waals surface area contributed by atoms with Gasteiger partial charge < -0.3 is 22.4 Å². The molecule has 0 aliphatic carbocycles. The normalized spacial score (nSPS) is 28.1. The summed E-state index contributed by atoms with van der Waals surface area (Å²) in [5.74, 6) is -0.464. The average molecular weight is 209 g/mol. The van der Waals surface area contributed by atoms with E-state index in [1.54, 1.807) is 13.8 Å². The molecule has 1 fully saturated rings. The molecule has 0 amide bonds. The summed E-state index contributed by atoms with van der Waals surface area (Å²) in [5, 5.41) is 0. The molecular formula is C8H13BF3O2-. The minimum Gasteiger partial charge on any atom is -0.445 e. The molecular weight excluding hydrogens is 196 g/mol. The van der Waals surface area contributed by atoms with E-state index in [1.165, 1.54) is 6.92 Å². The van der Waals surface area contributed by atoms with Crippen molar-refractivity contribution in [1.29, 1.82) is 0 Å². The molecule has 0 bridgehead atoms. The first-order chi connectivity index (χ1) is 6.20. The van der Waals surface area contributed by atoms with Crippen LogP contribution in [0.3, 0.4) is 0 Å². The maximum atomic E-state index is 12.0. The van der Waals surface area contributed by atoms with Crippen LogP contribution in [0.25, 0.3) is 0 Å². The number of hydrogen-bond acceptors (Lipinski definition) is 2. The summed E-state index contributed by atoms with van der Waals surface area (Å²) in [6, 6.07) is 0. The summed E-state index contributed by atoms with van der Waals surface area (Å²) in [4.78, 5) is 0. The fourth-order valence-corrected chi connectivity index (χ4v) is 1.32. The van der Waals surface area contributed by atoms with E-state index in [9.17, 15) is 12.9 Å². The highest BCUT2D eigenvalue weighted by atomic mass is 19.4. The first kappa shape index (κ1) is 11.6. The van der Waals surface area contributed by atoms with E-state index in [2.05, 4.69) is 0 Å². The maximum absolute atomic E-state index is 12.0. The molecule has 0 unspecified atom stereocenters. The van der Waals surface area contributed by atoms with Crippen molar-refractivity contribution >= 4 is 6.98 Å². The van der Waals surface area contributed by atoms with Crippen LogP contribution in [0.4, 0.5) is 12.9 Å². The topological polar surface area (TPSA) is 18.5 Å². The number of halogens is 3. The fourth-order valence-electron chi connectivity index (χ4n) is 1.32. The quantitative estimate of drug-likeness (QED) is 0.650. The number of rotatable bonds is 2. The van der Waals surface area contributed by atoms with Crippen molar-refractivity contribution in [3.8, 4) is 0 Å². The van der Waals surface area contributed by atoms with Crippen LogP contribution < -0.4 is 0 Å². The number of hydrogen-bond donors (Lipinski definition) is 0. The molecule has 1 atom stereocenters. The van der Waals surface area contributed by atoms with Crippen LogP contribution >= 0.6 is 0 Å². The van der Waals surface area contributed by atoms with Gasteiger partial charge >= 0.3 is 6.98 Å². The Morgan fingerprint density at radius 3 is 2.36 bits per heavy atom. The number of ether oxygens (including phenoxy) is 2. The van der Waals surface area contributed by atoms with Gasteiger partial charge in [-0.2, -0.15) is 0 Å². The zero-order valence-corrected chi connectivity index (χ0v) is 8.39. The fraction of sp³-hybridized carbons (Fsp3) is 0.750. The van der Waals surface area contributed by atoms with Gasteiger partial charge in [0.15, 0.2) is 5.79 Å². The Balaban J connectivity index is 2.64. The van der Waals surface area contributed by atoms with Gasteiger partial charge in [-0.3, -0.25) is 0 Å². The lowest BCUT2D eigenvalue weighted by molar-refractivity contribution is -0.134. The third kappa shape index (κ3) is 3.34. The van der Waals surface area contributed by atoms with Crippen molar-refractivity contribution in [3.63, 3.8) is 0 Å². The molecule has 0 saturated carbocycles. The van der Waals surface area contributed by atoms with Crippen LogP contribution in [0, 0.1) is 0 Å². The molecule has 14 heavy (non-hydrogen) atoms.